The number of nitrogens with two attached hydrogens (primary N) is 1. The zero-order valence-electron chi connectivity index (χ0n) is 10.8. The maximum absolute atomic E-state index is 12.8. The van der Waals surface area contributed by atoms with Crippen LogP contribution in [0.3, 0.4) is 0 Å². The summed E-state index contributed by atoms with van der Waals surface area (Å²) in [5.41, 5.74) is 5.72. The first-order chi connectivity index (χ1) is 7.98. The van der Waals surface area contributed by atoms with Crippen LogP contribution in [0.15, 0.2) is 12.4 Å². The number of hydrogen-bond donors (Lipinski definition) is 1. The topological polar surface area (TPSA) is 55.0 Å². The van der Waals surface area contributed by atoms with Crippen molar-refractivity contribution in [3.05, 3.63) is 18.2 Å². The van der Waals surface area contributed by atoms with Gasteiger partial charge in [-0.15, -0.1) is 0 Å². The highest BCUT2D eigenvalue weighted by Crippen LogP contribution is 2.18. The Morgan fingerprint density at radius 2 is 1.94 bits per heavy atom. The van der Waals surface area contributed by atoms with Gasteiger partial charge in [-0.3, -0.25) is 0 Å². The Bertz CT molecular complexity index is 337. The van der Waals surface area contributed by atoms with Crippen LogP contribution >= 0.6 is 0 Å². The highest BCUT2D eigenvalue weighted by molar-refractivity contribution is 5.29. The second-order valence-corrected chi connectivity index (χ2v) is 4.99. The van der Waals surface area contributed by atoms with E-state index in [1.54, 1.807) is 0 Å². The second kappa shape index (κ2) is 5.91. The molecule has 5 heteroatoms. The Balaban J connectivity index is 2.81. The normalized spacial score (nSPS) is 11.6. The molecule has 0 fully saturated rings. The third kappa shape index (κ3) is 4.26. The summed E-state index contributed by atoms with van der Waals surface area (Å²) in [4.78, 5) is 10.1. The van der Waals surface area contributed by atoms with Gasteiger partial charge in [0.2, 0.25) is 5.95 Å². The van der Waals surface area contributed by atoms with Crippen LogP contribution in [0.5, 0.6) is 0 Å². The first-order valence-corrected chi connectivity index (χ1v) is 5.91. The van der Waals surface area contributed by atoms with Crippen LogP contribution in [0.25, 0.3) is 0 Å². The van der Waals surface area contributed by atoms with Crippen molar-refractivity contribution < 1.29 is 4.39 Å². The number of rotatable bonds is 6. The SMILES string of the molecule is CCCN(CC(C)(C)CN)c1ncc(F)cn1. The largest absolute Gasteiger partial charge is 0.340 e. The first kappa shape index (κ1) is 13.8. The summed E-state index contributed by atoms with van der Waals surface area (Å²) in [6.45, 7) is 8.48. The van der Waals surface area contributed by atoms with E-state index in [0.717, 1.165) is 19.5 Å². The summed E-state index contributed by atoms with van der Waals surface area (Å²) in [5.74, 6) is 0.151. The van der Waals surface area contributed by atoms with E-state index in [-0.39, 0.29) is 5.41 Å². The lowest BCUT2D eigenvalue weighted by molar-refractivity contribution is 0.375. The Morgan fingerprint density at radius 3 is 2.41 bits per heavy atom. The third-order valence-corrected chi connectivity index (χ3v) is 2.55. The number of hydrogen-bond acceptors (Lipinski definition) is 4. The predicted molar refractivity (Wildman–Crippen MR) is 67.3 cm³/mol. The van der Waals surface area contributed by atoms with Crippen molar-refractivity contribution in [3.63, 3.8) is 0 Å². The van der Waals surface area contributed by atoms with E-state index in [9.17, 15) is 4.39 Å². The van der Waals surface area contributed by atoms with Crippen LogP contribution in [0.4, 0.5) is 10.3 Å². The van der Waals surface area contributed by atoms with Gasteiger partial charge >= 0.3 is 0 Å². The van der Waals surface area contributed by atoms with E-state index in [1.165, 1.54) is 12.4 Å². The molecular weight excluding hydrogens is 219 g/mol. The molecule has 2 N–H and O–H groups in total. The molecule has 0 saturated heterocycles. The smallest absolute Gasteiger partial charge is 0.225 e. The molecule has 4 nitrogen and oxygen atoms in total. The molecule has 0 radical (unpaired) electrons. The standard InChI is InChI=1S/C12H21FN4/c1-4-5-17(9-12(2,3)8-14)11-15-6-10(13)7-16-11/h6-7H,4-5,8-9,14H2,1-3H3. The van der Waals surface area contributed by atoms with Gasteiger partial charge < -0.3 is 10.6 Å². The van der Waals surface area contributed by atoms with E-state index in [4.69, 9.17) is 5.73 Å². The van der Waals surface area contributed by atoms with E-state index >= 15 is 0 Å². The average Bonchev–Trinajstić information content (AvgIpc) is 2.29. The monoisotopic (exact) mass is 240 g/mol. The van der Waals surface area contributed by atoms with Gasteiger partial charge in [0.05, 0.1) is 12.4 Å². The Labute approximate surface area is 102 Å². The minimum Gasteiger partial charge on any atom is -0.340 e. The van der Waals surface area contributed by atoms with Crippen LogP contribution < -0.4 is 10.6 Å². The fourth-order valence-electron chi connectivity index (χ4n) is 1.57. The van der Waals surface area contributed by atoms with E-state index < -0.39 is 5.82 Å². The van der Waals surface area contributed by atoms with Crippen molar-refractivity contribution in [2.45, 2.75) is 27.2 Å². The van der Waals surface area contributed by atoms with Gasteiger partial charge in [-0.2, -0.15) is 0 Å². The molecule has 0 aromatic carbocycles. The Kier molecular flexibility index (Phi) is 4.81. The molecule has 0 atom stereocenters. The van der Waals surface area contributed by atoms with Crippen molar-refractivity contribution >= 4 is 5.95 Å². The molecule has 1 aromatic heterocycles. The van der Waals surface area contributed by atoms with E-state index in [2.05, 4.69) is 30.7 Å². The fraction of sp³-hybridized carbons (Fsp3) is 0.667. The zero-order valence-corrected chi connectivity index (χ0v) is 10.8. The summed E-state index contributed by atoms with van der Waals surface area (Å²) in [6.07, 6.45) is 3.38. The fourth-order valence-corrected chi connectivity index (χ4v) is 1.57. The minimum absolute atomic E-state index is 0.00703. The molecule has 0 aliphatic carbocycles. The van der Waals surface area contributed by atoms with Gasteiger partial charge in [0.25, 0.3) is 0 Å². The van der Waals surface area contributed by atoms with Crippen LogP contribution in [0.1, 0.15) is 27.2 Å². The van der Waals surface area contributed by atoms with Gasteiger partial charge in [-0.05, 0) is 18.4 Å². The lowest BCUT2D eigenvalue weighted by Crippen LogP contribution is -2.40. The van der Waals surface area contributed by atoms with Gasteiger partial charge in [-0.25, -0.2) is 14.4 Å². The van der Waals surface area contributed by atoms with Gasteiger partial charge in [0, 0.05) is 13.1 Å². The van der Waals surface area contributed by atoms with Crippen molar-refractivity contribution in [2.24, 2.45) is 11.1 Å². The number of anilines is 1. The van der Waals surface area contributed by atoms with Gasteiger partial charge in [0.15, 0.2) is 5.82 Å². The summed E-state index contributed by atoms with van der Waals surface area (Å²) in [5, 5.41) is 0. The minimum atomic E-state index is -0.414. The van der Waals surface area contributed by atoms with Crippen LogP contribution in [-0.2, 0) is 0 Å². The first-order valence-electron chi connectivity index (χ1n) is 5.91. The van der Waals surface area contributed by atoms with Crippen LogP contribution in [0, 0.1) is 11.2 Å². The van der Waals surface area contributed by atoms with Crippen molar-refractivity contribution in [2.75, 3.05) is 24.5 Å². The van der Waals surface area contributed by atoms with Crippen molar-refractivity contribution in [1.29, 1.82) is 0 Å². The lowest BCUT2D eigenvalue weighted by atomic mass is 9.93. The van der Waals surface area contributed by atoms with Crippen molar-refractivity contribution in [3.8, 4) is 0 Å². The van der Waals surface area contributed by atoms with Gasteiger partial charge in [-0.1, -0.05) is 20.8 Å². The predicted octanol–water partition coefficient (Wildman–Crippen LogP) is 1.82. The van der Waals surface area contributed by atoms with Crippen LogP contribution in [0.2, 0.25) is 0 Å². The summed E-state index contributed by atoms with van der Waals surface area (Å²) in [7, 11) is 0. The maximum Gasteiger partial charge on any atom is 0.225 e. The highest BCUT2D eigenvalue weighted by Gasteiger charge is 2.21. The van der Waals surface area contributed by atoms with E-state index in [0.29, 0.717) is 12.5 Å². The molecule has 0 amide bonds. The highest BCUT2D eigenvalue weighted by atomic mass is 19.1. The van der Waals surface area contributed by atoms with Gasteiger partial charge in [0.1, 0.15) is 0 Å². The summed E-state index contributed by atoms with van der Waals surface area (Å²) in [6, 6.07) is 0. The molecule has 1 rings (SSSR count). The molecule has 0 unspecified atom stereocenters. The van der Waals surface area contributed by atoms with E-state index in [1.807, 2.05) is 4.90 Å². The molecular formula is C12H21FN4. The molecule has 0 aliphatic rings. The second-order valence-electron chi connectivity index (χ2n) is 4.99. The third-order valence-electron chi connectivity index (χ3n) is 2.55. The molecule has 0 saturated carbocycles. The quantitative estimate of drug-likeness (QED) is 0.824. The van der Waals surface area contributed by atoms with Crippen molar-refractivity contribution in [1.82, 2.24) is 9.97 Å². The molecule has 1 heterocycles. The Morgan fingerprint density at radius 1 is 1.35 bits per heavy atom. The number of aromatic nitrogens is 2. The summed E-state index contributed by atoms with van der Waals surface area (Å²) < 4.78 is 12.8. The molecule has 1 aromatic rings. The summed E-state index contributed by atoms with van der Waals surface area (Å²) >= 11 is 0. The number of nitrogens with zero attached hydrogens (tertiary/aromatic N) is 3. The number of halogens is 1. The molecule has 0 spiro atoms. The average molecular weight is 240 g/mol. The molecule has 17 heavy (non-hydrogen) atoms. The zero-order chi connectivity index (χ0) is 12.9. The lowest BCUT2D eigenvalue weighted by Gasteiger charge is -2.31. The van der Waals surface area contributed by atoms with Crippen LogP contribution in [-0.4, -0.2) is 29.6 Å². The Hall–Kier alpha value is -1.23. The molecule has 0 bridgehead atoms. The maximum atomic E-state index is 12.8. The molecule has 96 valence electrons. The molecule has 0 aliphatic heterocycles.